The summed E-state index contributed by atoms with van der Waals surface area (Å²) in [6.45, 7) is 8.39. The van der Waals surface area contributed by atoms with Crippen LogP contribution in [0.2, 0.25) is 0 Å². The van der Waals surface area contributed by atoms with Crippen LogP contribution in [0.5, 0.6) is 0 Å². The molecule has 0 bridgehead atoms. The first-order valence-electron chi connectivity index (χ1n) is 6.66. The highest BCUT2D eigenvalue weighted by Crippen LogP contribution is 2.30. The molecule has 2 rings (SSSR count). The van der Waals surface area contributed by atoms with Crippen LogP contribution < -0.4 is 0 Å². The molecule has 1 aromatic heterocycles. The van der Waals surface area contributed by atoms with Gasteiger partial charge in [-0.25, -0.2) is 9.78 Å². The maximum absolute atomic E-state index is 11.4. The van der Waals surface area contributed by atoms with E-state index in [-0.39, 0.29) is 5.54 Å². The van der Waals surface area contributed by atoms with E-state index >= 15 is 0 Å². The standard InChI is InChI=1S/C15H20N2O2/c1-5-12-16-11-9-7-8-10(14(18)19)13(11)17(12)15(3,4)6-2/h7-9H,5-6H2,1-4H3,(H,18,19). The van der Waals surface area contributed by atoms with Gasteiger partial charge in [0.2, 0.25) is 0 Å². The molecule has 0 saturated carbocycles. The van der Waals surface area contributed by atoms with Gasteiger partial charge in [0.15, 0.2) is 0 Å². The number of fused-ring (bicyclic) bond motifs is 1. The minimum Gasteiger partial charge on any atom is -0.478 e. The van der Waals surface area contributed by atoms with Gasteiger partial charge in [0.05, 0.1) is 16.6 Å². The van der Waals surface area contributed by atoms with E-state index in [2.05, 4.69) is 30.3 Å². The number of carboxylic acids is 1. The molecule has 4 heteroatoms. The average molecular weight is 260 g/mol. The second-order valence-corrected chi connectivity index (χ2v) is 5.36. The van der Waals surface area contributed by atoms with Crippen molar-refractivity contribution in [2.24, 2.45) is 0 Å². The van der Waals surface area contributed by atoms with Crippen LogP contribution in [0.3, 0.4) is 0 Å². The van der Waals surface area contributed by atoms with Gasteiger partial charge in [-0.1, -0.05) is 19.9 Å². The highest BCUT2D eigenvalue weighted by Gasteiger charge is 2.26. The van der Waals surface area contributed by atoms with Crippen molar-refractivity contribution in [3.63, 3.8) is 0 Å². The zero-order chi connectivity index (χ0) is 14.2. The number of hydrogen-bond donors (Lipinski definition) is 1. The molecule has 19 heavy (non-hydrogen) atoms. The van der Waals surface area contributed by atoms with Crippen LogP contribution >= 0.6 is 0 Å². The summed E-state index contributed by atoms with van der Waals surface area (Å²) >= 11 is 0. The Morgan fingerprint density at radius 2 is 2.05 bits per heavy atom. The number of rotatable bonds is 4. The molecule has 0 radical (unpaired) electrons. The molecule has 4 nitrogen and oxygen atoms in total. The smallest absolute Gasteiger partial charge is 0.337 e. The van der Waals surface area contributed by atoms with Crippen LogP contribution in [-0.4, -0.2) is 20.6 Å². The molecule has 1 N–H and O–H groups in total. The van der Waals surface area contributed by atoms with Crippen LogP contribution in [0.15, 0.2) is 18.2 Å². The molecule has 1 aromatic carbocycles. The maximum Gasteiger partial charge on any atom is 0.337 e. The second kappa shape index (κ2) is 4.68. The highest BCUT2D eigenvalue weighted by atomic mass is 16.4. The fourth-order valence-corrected chi connectivity index (χ4v) is 2.39. The van der Waals surface area contributed by atoms with Crippen molar-refractivity contribution in [2.45, 2.75) is 46.1 Å². The van der Waals surface area contributed by atoms with Crippen LogP contribution in [0.25, 0.3) is 11.0 Å². The number of para-hydroxylation sites is 1. The molecule has 0 aliphatic carbocycles. The normalized spacial score (nSPS) is 12.0. The number of aryl methyl sites for hydroxylation is 1. The monoisotopic (exact) mass is 260 g/mol. The first-order chi connectivity index (χ1) is 8.92. The molecular weight excluding hydrogens is 240 g/mol. The molecule has 0 aliphatic heterocycles. The number of hydrogen-bond acceptors (Lipinski definition) is 2. The Hall–Kier alpha value is -1.84. The summed E-state index contributed by atoms with van der Waals surface area (Å²) < 4.78 is 2.09. The maximum atomic E-state index is 11.4. The molecule has 0 fully saturated rings. The molecule has 102 valence electrons. The number of aromatic carboxylic acids is 1. The lowest BCUT2D eigenvalue weighted by atomic mass is 10.00. The first kappa shape index (κ1) is 13.6. The third-order valence-corrected chi connectivity index (χ3v) is 3.76. The van der Waals surface area contributed by atoms with Gasteiger partial charge in [-0.2, -0.15) is 0 Å². The lowest BCUT2D eigenvalue weighted by molar-refractivity contribution is 0.0698. The van der Waals surface area contributed by atoms with E-state index in [1.807, 2.05) is 13.0 Å². The third-order valence-electron chi connectivity index (χ3n) is 3.76. The summed E-state index contributed by atoms with van der Waals surface area (Å²) in [5, 5.41) is 9.39. The van der Waals surface area contributed by atoms with Crippen LogP contribution in [-0.2, 0) is 12.0 Å². The molecule has 1 heterocycles. The molecule has 0 amide bonds. The molecule has 0 saturated heterocycles. The fourth-order valence-electron chi connectivity index (χ4n) is 2.39. The average Bonchev–Trinajstić information content (AvgIpc) is 2.77. The van der Waals surface area contributed by atoms with Gasteiger partial charge >= 0.3 is 5.97 Å². The molecule has 2 aromatic rings. The van der Waals surface area contributed by atoms with Crippen molar-refractivity contribution in [3.8, 4) is 0 Å². The Bertz CT molecular complexity index is 626. The third kappa shape index (κ3) is 2.11. The number of imidazole rings is 1. The number of nitrogens with zero attached hydrogens (tertiary/aromatic N) is 2. The Morgan fingerprint density at radius 3 is 2.58 bits per heavy atom. The Kier molecular flexibility index (Phi) is 3.35. The summed E-state index contributed by atoms with van der Waals surface area (Å²) in [5.41, 5.74) is 1.68. The van der Waals surface area contributed by atoms with E-state index in [9.17, 15) is 9.90 Å². The summed E-state index contributed by atoms with van der Waals surface area (Å²) in [4.78, 5) is 16.0. The number of carboxylic acid groups (broad SMARTS) is 1. The van der Waals surface area contributed by atoms with E-state index in [1.165, 1.54) is 0 Å². The fraction of sp³-hybridized carbons (Fsp3) is 0.467. The van der Waals surface area contributed by atoms with Gasteiger partial charge in [0, 0.05) is 12.0 Å². The molecule has 0 unspecified atom stereocenters. The topological polar surface area (TPSA) is 55.1 Å². The van der Waals surface area contributed by atoms with Gasteiger partial charge < -0.3 is 9.67 Å². The lowest BCUT2D eigenvalue weighted by Crippen LogP contribution is -2.27. The number of carbonyl (C=O) groups is 1. The molecular formula is C15H20N2O2. The largest absolute Gasteiger partial charge is 0.478 e. The van der Waals surface area contributed by atoms with E-state index in [0.29, 0.717) is 5.56 Å². The summed E-state index contributed by atoms with van der Waals surface area (Å²) in [7, 11) is 0. The van der Waals surface area contributed by atoms with Gasteiger partial charge in [-0.15, -0.1) is 0 Å². The van der Waals surface area contributed by atoms with Crippen LogP contribution in [0.1, 0.15) is 50.3 Å². The minimum atomic E-state index is -0.902. The van der Waals surface area contributed by atoms with Crippen LogP contribution in [0.4, 0.5) is 0 Å². The van der Waals surface area contributed by atoms with Gasteiger partial charge in [-0.05, 0) is 32.4 Å². The number of aromatic nitrogens is 2. The summed E-state index contributed by atoms with van der Waals surface area (Å²) in [6, 6.07) is 5.28. The Balaban J connectivity index is 2.89. The van der Waals surface area contributed by atoms with Crippen molar-refractivity contribution in [3.05, 3.63) is 29.6 Å². The zero-order valence-electron chi connectivity index (χ0n) is 11.9. The SMILES string of the molecule is CCc1nc2cccc(C(=O)O)c2n1C(C)(C)CC. The summed E-state index contributed by atoms with van der Waals surface area (Å²) in [6.07, 6.45) is 1.70. The molecule has 0 atom stereocenters. The molecule has 0 spiro atoms. The van der Waals surface area contributed by atoms with Crippen molar-refractivity contribution >= 4 is 17.0 Å². The van der Waals surface area contributed by atoms with Gasteiger partial charge in [-0.3, -0.25) is 0 Å². The number of benzene rings is 1. The quantitative estimate of drug-likeness (QED) is 0.916. The van der Waals surface area contributed by atoms with Crippen molar-refractivity contribution in [1.82, 2.24) is 9.55 Å². The lowest BCUT2D eigenvalue weighted by Gasteiger charge is -2.28. The predicted molar refractivity (Wildman–Crippen MR) is 75.7 cm³/mol. The van der Waals surface area contributed by atoms with E-state index < -0.39 is 5.97 Å². The predicted octanol–water partition coefficient (Wildman–Crippen LogP) is 3.44. The Morgan fingerprint density at radius 1 is 1.37 bits per heavy atom. The van der Waals surface area contributed by atoms with Gasteiger partial charge in [0.25, 0.3) is 0 Å². The van der Waals surface area contributed by atoms with Crippen molar-refractivity contribution in [2.75, 3.05) is 0 Å². The second-order valence-electron chi connectivity index (χ2n) is 5.36. The molecule has 0 aliphatic rings. The zero-order valence-corrected chi connectivity index (χ0v) is 11.9. The summed E-state index contributed by atoms with van der Waals surface area (Å²) in [5.74, 6) is 0.0388. The van der Waals surface area contributed by atoms with Gasteiger partial charge in [0.1, 0.15) is 5.82 Å². The van der Waals surface area contributed by atoms with E-state index in [1.54, 1.807) is 12.1 Å². The van der Waals surface area contributed by atoms with Crippen molar-refractivity contribution in [1.29, 1.82) is 0 Å². The highest BCUT2D eigenvalue weighted by molar-refractivity contribution is 6.01. The minimum absolute atomic E-state index is 0.147. The van der Waals surface area contributed by atoms with E-state index in [0.717, 1.165) is 29.7 Å². The van der Waals surface area contributed by atoms with E-state index in [4.69, 9.17) is 0 Å². The van der Waals surface area contributed by atoms with Crippen molar-refractivity contribution < 1.29 is 9.90 Å². The first-order valence-corrected chi connectivity index (χ1v) is 6.66. The van der Waals surface area contributed by atoms with Crippen LogP contribution in [0, 0.1) is 0 Å². The Labute approximate surface area is 113 Å².